The molecule has 2 rings (SSSR count). The predicted molar refractivity (Wildman–Crippen MR) is 74.6 cm³/mol. The quantitative estimate of drug-likeness (QED) is 0.747. The first-order chi connectivity index (χ1) is 9.45. The van der Waals surface area contributed by atoms with Crippen LogP contribution in [-0.2, 0) is 20.1 Å². The number of hydrogen-bond donors (Lipinski definition) is 2. The Hall–Kier alpha value is -1.70. The van der Waals surface area contributed by atoms with Crippen molar-refractivity contribution < 1.29 is 14.4 Å². The zero-order chi connectivity index (χ0) is 14.7. The molecule has 0 saturated carbocycles. The van der Waals surface area contributed by atoms with Crippen LogP contribution in [0.4, 0.5) is 4.39 Å². The summed E-state index contributed by atoms with van der Waals surface area (Å²) < 4.78 is 15.6. The molecule has 2 N–H and O–H groups in total. The second kappa shape index (κ2) is 6.17. The minimum atomic E-state index is -1.65. The van der Waals surface area contributed by atoms with Gasteiger partial charge in [-0.1, -0.05) is 12.1 Å². The molecule has 0 spiro atoms. The van der Waals surface area contributed by atoms with Gasteiger partial charge in [0, 0.05) is 37.5 Å². The Morgan fingerprint density at radius 3 is 2.65 bits per heavy atom. The van der Waals surface area contributed by atoms with Gasteiger partial charge in [0.25, 0.3) is 0 Å². The summed E-state index contributed by atoms with van der Waals surface area (Å²) in [6, 6.07) is 4.24. The predicted octanol–water partition coefficient (Wildman–Crippen LogP) is -0.129. The molecular formula is C13H17BFN3O2. The first kappa shape index (κ1) is 14.7. The van der Waals surface area contributed by atoms with E-state index < -0.39 is 12.9 Å². The highest BCUT2D eigenvalue weighted by Gasteiger charge is 2.14. The molecule has 0 amide bonds. The summed E-state index contributed by atoms with van der Waals surface area (Å²) in [4.78, 5) is 1.96. The van der Waals surface area contributed by atoms with Gasteiger partial charge in [0.05, 0.1) is 6.20 Å². The second-order valence-electron chi connectivity index (χ2n) is 4.92. The summed E-state index contributed by atoms with van der Waals surface area (Å²) >= 11 is 0. The van der Waals surface area contributed by atoms with Gasteiger partial charge in [-0.15, -0.1) is 0 Å². The summed E-state index contributed by atoms with van der Waals surface area (Å²) in [7, 11) is 2.09. The number of aryl methyl sites for hydroxylation is 1. The Kier molecular flexibility index (Phi) is 4.54. The van der Waals surface area contributed by atoms with E-state index in [0.717, 1.165) is 11.6 Å². The van der Waals surface area contributed by atoms with Crippen LogP contribution in [0, 0.1) is 5.82 Å². The molecule has 0 radical (unpaired) electrons. The van der Waals surface area contributed by atoms with E-state index in [9.17, 15) is 4.39 Å². The normalized spacial score (nSPS) is 11.1. The van der Waals surface area contributed by atoms with Crippen LogP contribution in [0.5, 0.6) is 0 Å². The number of benzene rings is 1. The van der Waals surface area contributed by atoms with E-state index in [1.54, 1.807) is 16.9 Å². The van der Waals surface area contributed by atoms with Crippen LogP contribution in [-0.4, -0.2) is 38.9 Å². The van der Waals surface area contributed by atoms with Gasteiger partial charge in [-0.3, -0.25) is 9.58 Å². The number of hydrogen-bond acceptors (Lipinski definition) is 4. The van der Waals surface area contributed by atoms with E-state index >= 15 is 0 Å². The molecule has 7 heteroatoms. The highest BCUT2D eigenvalue weighted by molar-refractivity contribution is 6.58. The molecule has 5 nitrogen and oxygen atoms in total. The molecule has 1 aromatic heterocycles. The molecular weight excluding hydrogens is 260 g/mol. The monoisotopic (exact) mass is 277 g/mol. The Labute approximate surface area is 117 Å². The smallest absolute Gasteiger partial charge is 0.423 e. The summed E-state index contributed by atoms with van der Waals surface area (Å²) in [5, 5.41) is 22.1. The summed E-state index contributed by atoms with van der Waals surface area (Å²) in [6.45, 7) is 1.10. The first-order valence-corrected chi connectivity index (χ1v) is 6.26. The Morgan fingerprint density at radius 2 is 2.10 bits per heavy atom. The average molecular weight is 277 g/mol. The molecule has 0 atom stereocenters. The van der Waals surface area contributed by atoms with E-state index in [0.29, 0.717) is 18.7 Å². The summed E-state index contributed by atoms with van der Waals surface area (Å²) in [6.07, 6.45) is 3.69. The maximum atomic E-state index is 13.8. The molecule has 0 fully saturated rings. The fourth-order valence-electron chi connectivity index (χ4n) is 2.06. The molecule has 0 saturated heterocycles. The molecule has 1 aromatic carbocycles. The van der Waals surface area contributed by atoms with Crippen LogP contribution in [0.25, 0.3) is 0 Å². The number of nitrogens with zero attached hydrogens (tertiary/aromatic N) is 3. The van der Waals surface area contributed by atoms with E-state index in [1.807, 2.05) is 25.2 Å². The fraction of sp³-hybridized carbons (Fsp3) is 0.308. The molecule has 0 aliphatic heterocycles. The summed E-state index contributed by atoms with van der Waals surface area (Å²) in [5.74, 6) is -0.436. The third-order valence-corrected chi connectivity index (χ3v) is 3.03. The van der Waals surface area contributed by atoms with Crippen molar-refractivity contribution in [1.82, 2.24) is 14.7 Å². The third-order valence-electron chi connectivity index (χ3n) is 3.03. The van der Waals surface area contributed by atoms with Crippen LogP contribution in [0.15, 0.2) is 30.6 Å². The van der Waals surface area contributed by atoms with Crippen molar-refractivity contribution in [3.8, 4) is 0 Å². The maximum Gasteiger partial charge on any atom is 0.488 e. The van der Waals surface area contributed by atoms with Crippen LogP contribution in [0.1, 0.15) is 11.1 Å². The lowest BCUT2D eigenvalue weighted by Gasteiger charge is -2.16. The maximum absolute atomic E-state index is 13.8. The van der Waals surface area contributed by atoms with Crippen molar-refractivity contribution in [1.29, 1.82) is 0 Å². The van der Waals surface area contributed by atoms with E-state index in [4.69, 9.17) is 10.0 Å². The van der Waals surface area contributed by atoms with Crippen molar-refractivity contribution in [2.45, 2.75) is 13.1 Å². The summed E-state index contributed by atoms with van der Waals surface area (Å²) in [5.41, 5.74) is 1.72. The van der Waals surface area contributed by atoms with E-state index in [-0.39, 0.29) is 5.46 Å². The third kappa shape index (κ3) is 3.66. The van der Waals surface area contributed by atoms with Crippen molar-refractivity contribution in [2.75, 3.05) is 7.05 Å². The zero-order valence-electron chi connectivity index (χ0n) is 11.5. The zero-order valence-corrected chi connectivity index (χ0v) is 11.5. The van der Waals surface area contributed by atoms with Crippen molar-refractivity contribution in [2.24, 2.45) is 7.05 Å². The van der Waals surface area contributed by atoms with Gasteiger partial charge in [-0.05, 0) is 18.6 Å². The molecule has 1 heterocycles. The van der Waals surface area contributed by atoms with Crippen molar-refractivity contribution in [3.63, 3.8) is 0 Å². The minimum Gasteiger partial charge on any atom is -0.423 e. The molecule has 0 aliphatic carbocycles. The van der Waals surface area contributed by atoms with Gasteiger partial charge in [0.2, 0.25) is 0 Å². The minimum absolute atomic E-state index is 0.154. The molecule has 2 aromatic rings. The van der Waals surface area contributed by atoms with E-state index in [1.165, 1.54) is 6.07 Å². The molecule has 0 aliphatic rings. The first-order valence-electron chi connectivity index (χ1n) is 6.26. The highest BCUT2D eigenvalue weighted by Crippen LogP contribution is 2.10. The Morgan fingerprint density at radius 1 is 1.35 bits per heavy atom. The van der Waals surface area contributed by atoms with Crippen LogP contribution >= 0.6 is 0 Å². The lowest BCUT2D eigenvalue weighted by atomic mass is 9.80. The number of aromatic nitrogens is 2. The lowest BCUT2D eigenvalue weighted by Crippen LogP contribution is -2.30. The van der Waals surface area contributed by atoms with Crippen molar-refractivity contribution >= 4 is 12.6 Å². The molecule has 106 valence electrons. The lowest BCUT2D eigenvalue weighted by molar-refractivity contribution is 0.313. The molecule has 0 bridgehead atoms. The van der Waals surface area contributed by atoms with Gasteiger partial charge in [-0.2, -0.15) is 5.10 Å². The fourth-order valence-corrected chi connectivity index (χ4v) is 2.06. The largest absolute Gasteiger partial charge is 0.488 e. The molecule has 20 heavy (non-hydrogen) atoms. The number of rotatable bonds is 5. The Balaban J connectivity index is 2.02. The number of halogens is 1. The SMILES string of the molecule is CN(Cc1cnn(C)c1)Cc1ccc(B(O)O)cc1F. The van der Waals surface area contributed by atoms with Crippen LogP contribution < -0.4 is 5.46 Å². The van der Waals surface area contributed by atoms with Gasteiger partial charge in [-0.25, -0.2) is 4.39 Å². The van der Waals surface area contributed by atoms with Gasteiger partial charge >= 0.3 is 7.12 Å². The standard InChI is InChI=1S/C13H17BFN3O2/c1-17(7-10-6-16-18(2)8-10)9-11-3-4-12(14(19)20)5-13(11)15/h3-6,8,19-20H,7,9H2,1-2H3. The van der Waals surface area contributed by atoms with Gasteiger partial charge in [0.1, 0.15) is 5.82 Å². The molecule has 0 unspecified atom stereocenters. The topological polar surface area (TPSA) is 61.5 Å². The average Bonchev–Trinajstić information content (AvgIpc) is 2.77. The second-order valence-corrected chi connectivity index (χ2v) is 4.92. The van der Waals surface area contributed by atoms with Gasteiger partial charge in [0.15, 0.2) is 0 Å². The Bertz CT molecular complexity index is 589. The van der Waals surface area contributed by atoms with Crippen LogP contribution in [0.2, 0.25) is 0 Å². The highest BCUT2D eigenvalue weighted by atomic mass is 19.1. The van der Waals surface area contributed by atoms with E-state index in [2.05, 4.69) is 5.10 Å². The van der Waals surface area contributed by atoms with Crippen LogP contribution in [0.3, 0.4) is 0 Å². The van der Waals surface area contributed by atoms with Gasteiger partial charge < -0.3 is 10.0 Å². The van der Waals surface area contributed by atoms with Crippen molar-refractivity contribution in [3.05, 3.63) is 47.5 Å².